The lowest BCUT2D eigenvalue weighted by Gasteiger charge is -2.55. The number of aromatic hydroxyl groups is 1. The zero-order valence-electron chi connectivity index (χ0n) is 18.9. The number of hydrogen-bond donors (Lipinski definition) is 1. The minimum atomic E-state index is -0.154. The van der Waals surface area contributed by atoms with Crippen LogP contribution in [0.5, 0.6) is 11.5 Å². The van der Waals surface area contributed by atoms with Gasteiger partial charge in [0.25, 0.3) is 5.56 Å². The number of benzene rings is 2. The lowest BCUT2D eigenvalue weighted by Crippen LogP contribution is -2.65. The molecule has 2 aliphatic heterocycles. The number of nitrogens with zero attached hydrogens (tertiary/aromatic N) is 3. The first-order chi connectivity index (χ1) is 17.0. The van der Waals surface area contributed by atoms with Gasteiger partial charge in [-0.1, -0.05) is 11.6 Å². The monoisotopic (exact) mass is 509 g/mol. The zero-order chi connectivity index (χ0) is 24.0. The third-order valence-corrected chi connectivity index (χ3v) is 8.05. The van der Waals surface area contributed by atoms with Crippen molar-refractivity contribution in [3.63, 3.8) is 0 Å². The molecule has 0 aliphatic carbocycles. The van der Waals surface area contributed by atoms with Crippen molar-refractivity contribution < 1.29 is 14.6 Å². The molecular formula is C26H24ClN3O4S. The normalized spacial score (nSPS) is 16.8. The molecule has 4 heterocycles. The average molecular weight is 510 g/mol. The van der Waals surface area contributed by atoms with E-state index in [1.165, 1.54) is 22.2 Å². The summed E-state index contributed by atoms with van der Waals surface area (Å²) in [6.07, 6.45) is 2.45. The molecule has 2 fully saturated rings. The lowest BCUT2D eigenvalue weighted by atomic mass is 9.78. The van der Waals surface area contributed by atoms with Crippen LogP contribution in [0.2, 0.25) is 5.02 Å². The molecule has 2 aromatic carbocycles. The molecule has 2 aromatic heterocycles. The molecule has 0 saturated carbocycles. The van der Waals surface area contributed by atoms with E-state index in [4.69, 9.17) is 21.1 Å². The summed E-state index contributed by atoms with van der Waals surface area (Å²) < 4.78 is 13.3. The van der Waals surface area contributed by atoms with Crippen molar-refractivity contribution in [3.8, 4) is 27.6 Å². The number of phenolic OH excluding ortho intramolecular Hbond substituents is 1. The molecule has 4 aromatic rings. The summed E-state index contributed by atoms with van der Waals surface area (Å²) in [5, 5.41) is 9.99. The van der Waals surface area contributed by atoms with Crippen molar-refractivity contribution in [1.29, 1.82) is 0 Å². The summed E-state index contributed by atoms with van der Waals surface area (Å²) in [7, 11) is 0. The number of likely N-dealkylation sites (tertiary alicyclic amines) is 1. The fraction of sp³-hybridized carbons (Fsp3) is 0.308. The van der Waals surface area contributed by atoms with Crippen LogP contribution in [0.1, 0.15) is 6.42 Å². The summed E-state index contributed by atoms with van der Waals surface area (Å²) in [5.74, 6) is 0.809. The third kappa shape index (κ3) is 4.31. The van der Waals surface area contributed by atoms with E-state index >= 15 is 0 Å². The van der Waals surface area contributed by atoms with Crippen LogP contribution >= 0.6 is 22.9 Å². The van der Waals surface area contributed by atoms with Gasteiger partial charge in [-0.15, -0.1) is 11.3 Å². The molecule has 1 N–H and O–H groups in total. The number of halogens is 1. The summed E-state index contributed by atoms with van der Waals surface area (Å²) in [5.41, 5.74) is 2.48. The van der Waals surface area contributed by atoms with E-state index in [0.717, 1.165) is 49.7 Å². The first-order valence-electron chi connectivity index (χ1n) is 11.5. The third-order valence-electron chi connectivity index (χ3n) is 6.59. The Bertz CT molecular complexity index is 1440. The standard InChI is InChI=1S/C26H24ClN3O4S/c27-20-10-18(4-7-22(20)34-9-1-8-29-12-26(13-29)14-33-15-26)30-16-28-21-11-23(35-24(21)25(30)32)17-2-5-19(31)6-3-17/h2-7,10-11,16,31H,1,8-9,12-15H2. The van der Waals surface area contributed by atoms with Crippen LogP contribution in [0.25, 0.3) is 26.3 Å². The molecule has 9 heteroatoms. The molecule has 0 unspecified atom stereocenters. The Balaban J connectivity index is 1.13. The molecule has 0 atom stereocenters. The predicted octanol–water partition coefficient (Wildman–Crippen LogP) is 4.57. The van der Waals surface area contributed by atoms with Gasteiger partial charge in [-0.2, -0.15) is 0 Å². The van der Waals surface area contributed by atoms with E-state index < -0.39 is 0 Å². The highest BCUT2D eigenvalue weighted by molar-refractivity contribution is 7.22. The van der Waals surface area contributed by atoms with Crippen LogP contribution in [-0.4, -0.2) is 59.0 Å². The number of fused-ring (bicyclic) bond motifs is 1. The Hall–Kier alpha value is -2.91. The molecule has 35 heavy (non-hydrogen) atoms. The quantitative estimate of drug-likeness (QED) is 0.368. The number of hydrogen-bond acceptors (Lipinski definition) is 7. The summed E-state index contributed by atoms with van der Waals surface area (Å²) >= 11 is 7.87. The van der Waals surface area contributed by atoms with Crippen molar-refractivity contribution in [3.05, 3.63) is 70.2 Å². The second kappa shape index (κ2) is 8.95. The Morgan fingerprint density at radius 1 is 1.14 bits per heavy atom. The Kier molecular flexibility index (Phi) is 5.76. The lowest BCUT2D eigenvalue weighted by molar-refractivity contribution is -0.189. The van der Waals surface area contributed by atoms with Crippen LogP contribution in [0.4, 0.5) is 0 Å². The first kappa shape index (κ1) is 22.5. The summed E-state index contributed by atoms with van der Waals surface area (Å²) in [6.45, 7) is 5.64. The van der Waals surface area contributed by atoms with Gasteiger partial charge in [-0.05, 0) is 60.5 Å². The van der Waals surface area contributed by atoms with Crippen LogP contribution in [0, 0.1) is 5.41 Å². The molecule has 2 saturated heterocycles. The van der Waals surface area contributed by atoms with Crippen molar-refractivity contribution in [2.45, 2.75) is 6.42 Å². The molecular weight excluding hydrogens is 486 g/mol. The van der Waals surface area contributed by atoms with Gasteiger partial charge in [0.15, 0.2) is 0 Å². The van der Waals surface area contributed by atoms with Gasteiger partial charge < -0.3 is 19.5 Å². The zero-order valence-corrected chi connectivity index (χ0v) is 20.5. The van der Waals surface area contributed by atoms with E-state index in [0.29, 0.717) is 38.7 Å². The number of phenols is 1. The van der Waals surface area contributed by atoms with Crippen LogP contribution in [0.3, 0.4) is 0 Å². The number of thiophene rings is 1. The maximum atomic E-state index is 13.2. The fourth-order valence-electron chi connectivity index (χ4n) is 4.72. The Morgan fingerprint density at radius 2 is 1.94 bits per heavy atom. The summed E-state index contributed by atoms with van der Waals surface area (Å²) in [6, 6.07) is 14.1. The predicted molar refractivity (Wildman–Crippen MR) is 137 cm³/mol. The molecule has 6 rings (SSSR count). The summed E-state index contributed by atoms with van der Waals surface area (Å²) in [4.78, 5) is 21.0. The van der Waals surface area contributed by atoms with Crippen molar-refractivity contribution in [2.75, 3.05) is 39.5 Å². The van der Waals surface area contributed by atoms with Crippen LogP contribution in [-0.2, 0) is 4.74 Å². The van der Waals surface area contributed by atoms with E-state index in [9.17, 15) is 9.90 Å². The average Bonchev–Trinajstić information content (AvgIpc) is 3.23. The largest absolute Gasteiger partial charge is 0.508 e. The van der Waals surface area contributed by atoms with E-state index in [1.54, 1.807) is 24.3 Å². The van der Waals surface area contributed by atoms with Gasteiger partial charge in [0.2, 0.25) is 0 Å². The van der Waals surface area contributed by atoms with Crippen LogP contribution < -0.4 is 10.3 Å². The van der Waals surface area contributed by atoms with Gasteiger partial charge in [0.1, 0.15) is 22.5 Å². The van der Waals surface area contributed by atoms with Gasteiger partial charge in [0.05, 0.1) is 36.0 Å². The fourth-order valence-corrected chi connectivity index (χ4v) is 6.00. The number of ether oxygens (including phenoxy) is 2. The highest BCUT2D eigenvalue weighted by Gasteiger charge is 2.48. The SMILES string of the molecule is O=c1c2sc(-c3ccc(O)cc3)cc2ncn1-c1ccc(OCCCN2CC3(COC3)C2)c(Cl)c1. The first-order valence-corrected chi connectivity index (χ1v) is 12.7. The highest BCUT2D eigenvalue weighted by atomic mass is 35.5. The molecule has 0 radical (unpaired) electrons. The molecule has 0 bridgehead atoms. The molecule has 0 amide bonds. The molecule has 180 valence electrons. The molecule has 7 nitrogen and oxygen atoms in total. The van der Waals surface area contributed by atoms with Crippen molar-refractivity contribution >= 4 is 33.2 Å². The van der Waals surface area contributed by atoms with Crippen molar-refractivity contribution in [1.82, 2.24) is 14.5 Å². The highest BCUT2D eigenvalue weighted by Crippen LogP contribution is 2.37. The van der Waals surface area contributed by atoms with Crippen molar-refractivity contribution in [2.24, 2.45) is 5.41 Å². The van der Waals surface area contributed by atoms with Crippen LogP contribution in [0.15, 0.2) is 59.7 Å². The number of aromatic nitrogens is 2. The van der Waals surface area contributed by atoms with E-state index in [1.807, 2.05) is 24.3 Å². The topological polar surface area (TPSA) is 76.8 Å². The minimum Gasteiger partial charge on any atom is -0.508 e. The minimum absolute atomic E-state index is 0.154. The Morgan fingerprint density at radius 3 is 2.66 bits per heavy atom. The van der Waals surface area contributed by atoms with E-state index in [2.05, 4.69) is 9.88 Å². The second-order valence-corrected chi connectivity index (χ2v) is 10.8. The molecule has 1 spiro atoms. The molecule has 2 aliphatic rings. The Labute approximate surface area is 211 Å². The second-order valence-electron chi connectivity index (χ2n) is 9.31. The van der Waals surface area contributed by atoms with E-state index in [-0.39, 0.29) is 11.3 Å². The smallest absolute Gasteiger partial charge is 0.275 e. The number of rotatable bonds is 7. The van der Waals surface area contributed by atoms with Gasteiger partial charge in [-0.3, -0.25) is 9.36 Å². The van der Waals surface area contributed by atoms with Gasteiger partial charge in [-0.25, -0.2) is 4.98 Å². The maximum Gasteiger partial charge on any atom is 0.275 e. The maximum absolute atomic E-state index is 13.2. The van der Waals surface area contributed by atoms with Gasteiger partial charge in [0, 0.05) is 29.9 Å². The van der Waals surface area contributed by atoms with Gasteiger partial charge >= 0.3 is 0 Å².